The number of rotatable bonds is 7. The molecule has 1 aromatic carbocycles. The maximum Gasteiger partial charge on any atom is 0.303 e. The van der Waals surface area contributed by atoms with E-state index in [0.29, 0.717) is 5.56 Å². The summed E-state index contributed by atoms with van der Waals surface area (Å²) in [5, 5.41) is 19.8. The van der Waals surface area contributed by atoms with Gasteiger partial charge in [0, 0.05) is 23.6 Å². The van der Waals surface area contributed by atoms with Gasteiger partial charge in [-0.15, -0.1) is 0 Å². The van der Waals surface area contributed by atoms with Crippen LogP contribution >= 0.6 is 0 Å². The van der Waals surface area contributed by atoms with Crippen molar-refractivity contribution in [3.05, 3.63) is 33.4 Å². The normalized spacial score (nSPS) is 12.2. The van der Waals surface area contributed by atoms with Gasteiger partial charge in [-0.2, -0.15) is 0 Å². The van der Waals surface area contributed by atoms with Gasteiger partial charge in [0.2, 0.25) is 10.0 Å². The Morgan fingerprint density at radius 3 is 2.39 bits per heavy atom. The van der Waals surface area contributed by atoms with Gasteiger partial charge in [-0.1, -0.05) is 0 Å². The molecule has 0 radical (unpaired) electrons. The number of nitro groups is 1. The van der Waals surface area contributed by atoms with E-state index >= 15 is 0 Å². The molecular weight excluding hydrogens is 324 g/mol. The molecule has 2 N–H and O–H groups in total. The molecule has 8 nitrogen and oxygen atoms in total. The highest BCUT2D eigenvalue weighted by Gasteiger charge is 2.30. The lowest BCUT2D eigenvalue weighted by Crippen LogP contribution is -2.43. The number of nitrogens with zero attached hydrogens (tertiary/aromatic N) is 1. The second-order valence-corrected chi connectivity index (χ2v) is 7.70. The highest BCUT2D eigenvalue weighted by molar-refractivity contribution is 7.89. The van der Waals surface area contributed by atoms with Crippen molar-refractivity contribution >= 4 is 21.7 Å². The first-order valence-electron chi connectivity index (χ1n) is 6.87. The van der Waals surface area contributed by atoms with E-state index in [9.17, 15) is 23.3 Å². The molecular formula is C14H20N2O6S. The third kappa shape index (κ3) is 5.00. The molecule has 128 valence electrons. The smallest absolute Gasteiger partial charge is 0.303 e. The van der Waals surface area contributed by atoms with Crippen molar-refractivity contribution in [1.82, 2.24) is 4.72 Å². The second kappa shape index (κ2) is 6.63. The van der Waals surface area contributed by atoms with Crippen LogP contribution in [-0.4, -0.2) is 30.0 Å². The average Bonchev–Trinajstić information content (AvgIpc) is 2.37. The van der Waals surface area contributed by atoms with Gasteiger partial charge in [0.05, 0.1) is 9.82 Å². The molecule has 0 saturated carbocycles. The van der Waals surface area contributed by atoms with Crippen molar-refractivity contribution in [2.24, 2.45) is 0 Å². The SMILES string of the molecule is Cc1cc([N+](=O)[O-])c(C)c(S(=O)(=O)NC(C)(C)CCC(=O)O)c1. The first-order valence-corrected chi connectivity index (χ1v) is 8.35. The molecule has 23 heavy (non-hydrogen) atoms. The fraction of sp³-hybridized carbons (Fsp3) is 0.500. The largest absolute Gasteiger partial charge is 0.481 e. The number of carboxylic acids is 1. The minimum absolute atomic E-state index is 0.0436. The number of hydrogen-bond donors (Lipinski definition) is 2. The van der Waals surface area contributed by atoms with Crippen LogP contribution in [-0.2, 0) is 14.8 Å². The summed E-state index contributed by atoms with van der Waals surface area (Å²) < 4.78 is 27.5. The summed E-state index contributed by atoms with van der Waals surface area (Å²) in [6, 6.07) is 2.67. The summed E-state index contributed by atoms with van der Waals surface area (Å²) in [5.41, 5.74) is -0.774. The Balaban J connectivity index is 3.24. The van der Waals surface area contributed by atoms with Crippen LogP contribution in [0.3, 0.4) is 0 Å². The van der Waals surface area contributed by atoms with Crippen molar-refractivity contribution in [2.75, 3.05) is 0 Å². The van der Waals surface area contributed by atoms with E-state index in [1.54, 1.807) is 20.8 Å². The average molecular weight is 344 g/mol. The molecule has 0 heterocycles. The number of nitrogens with one attached hydrogen (secondary N) is 1. The molecule has 0 fully saturated rings. The van der Waals surface area contributed by atoms with Gasteiger partial charge in [-0.05, 0) is 45.7 Å². The zero-order valence-corrected chi connectivity index (χ0v) is 14.2. The van der Waals surface area contributed by atoms with E-state index in [4.69, 9.17) is 5.11 Å². The van der Waals surface area contributed by atoms with Crippen LogP contribution in [0, 0.1) is 24.0 Å². The number of benzene rings is 1. The standard InChI is InChI=1S/C14H20N2O6S/c1-9-7-11(16(19)20)10(2)12(8-9)23(21,22)15-14(3,4)6-5-13(17)18/h7-8,15H,5-6H2,1-4H3,(H,17,18). The predicted octanol–water partition coefficient (Wildman–Crippen LogP) is 2.13. The molecule has 0 aliphatic rings. The third-order valence-electron chi connectivity index (χ3n) is 3.34. The first kappa shape index (κ1) is 19.0. The van der Waals surface area contributed by atoms with Crippen molar-refractivity contribution in [1.29, 1.82) is 0 Å². The Kier molecular flexibility index (Phi) is 5.49. The second-order valence-electron chi connectivity index (χ2n) is 6.05. The Bertz CT molecular complexity index is 740. The number of sulfonamides is 1. The quantitative estimate of drug-likeness (QED) is 0.576. The zero-order chi connectivity index (χ0) is 18.0. The van der Waals surface area contributed by atoms with E-state index in [2.05, 4.69) is 4.72 Å². The van der Waals surface area contributed by atoms with Gasteiger partial charge in [-0.25, -0.2) is 13.1 Å². The van der Waals surface area contributed by atoms with E-state index < -0.39 is 26.5 Å². The van der Waals surface area contributed by atoms with Crippen LogP contribution in [0.15, 0.2) is 17.0 Å². The van der Waals surface area contributed by atoms with Crippen molar-refractivity contribution in [3.63, 3.8) is 0 Å². The molecule has 1 aromatic rings. The Morgan fingerprint density at radius 2 is 1.91 bits per heavy atom. The van der Waals surface area contributed by atoms with Gasteiger partial charge in [0.25, 0.3) is 5.69 Å². The number of nitro benzene ring substituents is 1. The molecule has 0 atom stereocenters. The summed E-state index contributed by atoms with van der Waals surface area (Å²) >= 11 is 0. The topological polar surface area (TPSA) is 127 Å². The van der Waals surface area contributed by atoms with Crippen molar-refractivity contribution in [3.8, 4) is 0 Å². The maximum absolute atomic E-state index is 12.6. The molecule has 1 rings (SSSR count). The van der Waals surface area contributed by atoms with Crippen LogP contribution in [0.2, 0.25) is 0 Å². The van der Waals surface area contributed by atoms with Crippen LogP contribution in [0.1, 0.15) is 37.8 Å². The Hall–Kier alpha value is -2.00. The highest BCUT2D eigenvalue weighted by Crippen LogP contribution is 2.28. The summed E-state index contributed by atoms with van der Waals surface area (Å²) in [6.45, 7) is 6.07. The first-order chi connectivity index (χ1) is 10.4. The molecule has 0 aliphatic heterocycles. The molecule has 9 heteroatoms. The number of aryl methyl sites for hydroxylation is 1. The minimum atomic E-state index is -4.02. The van der Waals surface area contributed by atoms with E-state index in [1.807, 2.05) is 0 Å². The fourth-order valence-corrected chi connectivity index (χ4v) is 3.95. The lowest BCUT2D eigenvalue weighted by atomic mass is 10.0. The van der Waals surface area contributed by atoms with Crippen LogP contribution in [0.5, 0.6) is 0 Å². The van der Waals surface area contributed by atoms with E-state index in [1.165, 1.54) is 19.1 Å². The minimum Gasteiger partial charge on any atom is -0.481 e. The Labute approximate surface area is 134 Å². The summed E-state index contributed by atoms with van der Waals surface area (Å²) in [5.74, 6) is -1.03. The molecule has 0 bridgehead atoms. The number of hydrogen-bond acceptors (Lipinski definition) is 5. The molecule has 0 unspecified atom stereocenters. The predicted molar refractivity (Wildman–Crippen MR) is 83.8 cm³/mol. The van der Waals surface area contributed by atoms with Gasteiger partial charge >= 0.3 is 5.97 Å². The van der Waals surface area contributed by atoms with E-state index in [0.717, 1.165) is 0 Å². The van der Waals surface area contributed by atoms with Gasteiger partial charge in [-0.3, -0.25) is 14.9 Å². The van der Waals surface area contributed by atoms with Crippen molar-refractivity contribution < 1.29 is 23.2 Å². The fourth-order valence-electron chi connectivity index (χ4n) is 2.16. The zero-order valence-electron chi connectivity index (χ0n) is 13.4. The molecule has 0 aromatic heterocycles. The lowest BCUT2D eigenvalue weighted by Gasteiger charge is -2.25. The van der Waals surface area contributed by atoms with Crippen molar-refractivity contribution in [2.45, 2.75) is 51.0 Å². The summed E-state index contributed by atoms with van der Waals surface area (Å²) in [4.78, 5) is 20.9. The van der Waals surface area contributed by atoms with Gasteiger partial charge in [0.1, 0.15) is 0 Å². The monoisotopic (exact) mass is 344 g/mol. The molecule has 0 saturated heterocycles. The maximum atomic E-state index is 12.6. The summed E-state index contributed by atoms with van der Waals surface area (Å²) in [7, 11) is -4.02. The van der Waals surface area contributed by atoms with E-state index in [-0.39, 0.29) is 29.0 Å². The molecule has 0 aliphatic carbocycles. The van der Waals surface area contributed by atoms with Crippen LogP contribution in [0.4, 0.5) is 5.69 Å². The van der Waals surface area contributed by atoms with Gasteiger partial charge in [0.15, 0.2) is 0 Å². The number of carboxylic acid groups (broad SMARTS) is 1. The number of carbonyl (C=O) groups is 1. The van der Waals surface area contributed by atoms with Crippen LogP contribution < -0.4 is 4.72 Å². The molecule has 0 spiro atoms. The molecule has 0 amide bonds. The Morgan fingerprint density at radius 1 is 1.35 bits per heavy atom. The lowest BCUT2D eigenvalue weighted by molar-refractivity contribution is -0.385. The summed E-state index contributed by atoms with van der Waals surface area (Å²) in [6.07, 6.45) is -0.100. The van der Waals surface area contributed by atoms with Gasteiger partial charge < -0.3 is 5.11 Å². The van der Waals surface area contributed by atoms with Crippen LogP contribution in [0.25, 0.3) is 0 Å². The third-order valence-corrected chi connectivity index (χ3v) is 5.16. The number of aliphatic carboxylic acids is 1. The highest BCUT2D eigenvalue weighted by atomic mass is 32.2.